The van der Waals surface area contributed by atoms with E-state index in [2.05, 4.69) is 10.3 Å². The van der Waals surface area contributed by atoms with Crippen LogP contribution in [0.4, 0.5) is 0 Å². The molecule has 2 heterocycles. The topological polar surface area (TPSA) is 90.0 Å². The molecule has 0 aromatic carbocycles. The minimum absolute atomic E-state index is 0.190. The molecule has 0 fully saturated rings. The zero-order valence-electron chi connectivity index (χ0n) is 17.7. The van der Waals surface area contributed by atoms with E-state index in [9.17, 15) is 9.59 Å². The maximum Gasteiger partial charge on any atom is 0.336 e. The van der Waals surface area contributed by atoms with Crippen LogP contribution in [0.5, 0.6) is 0 Å². The Hall–Kier alpha value is -2.71. The average Bonchev–Trinajstić information content (AvgIpc) is 2.70. The van der Waals surface area contributed by atoms with Crippen LogP contribution in [0.25, 0.3) is 0 Å². The molecule has 0 aliphatic carbocycles. The van der Waals surface area contributed by atoms with E-state index in [0.717, 1.165) is 12.1 Å². The summed E-state index contributed by atoms with van der Waals surface area (Å²) in [5.74, 6) is -1.65. The van der Waals surface area contributed by atoms with Gasteiger partial charge in [0, 0.05) is 24.6 Å². The minimum Gasteiger partial charge on any atom is -0.466 e. The Balaban J connectivity index is 2.51. The zero-order chi connectivity index (χ0) is 21.4. The molecule has 2 rings (SSSR count). The monoisotopic (exact) mass is 403 g/mol. The molecule has 1 aromatic rings. The molecule has 1 aliphatic rings. The number of likely N-dealkylation sites (N-methyl/N-ethyl adjacent to an activating group) is 1. The number of aromatic nitrogens is 1. The highest BCUT2D eigenvalue weighted by Crippen LogP contribution is 2.39. The van der Waals surface area contributed by atoms with E-state index in [1.165, 1.54) is 7.11 Å². The second-order valence-corrected chi connectivity index (χ2v) is 6.84. The lowest BCUT2D eigenvalue weighted by Crippen LogP contribution is -2.35. The molecule has 158 valence electrons. The van der Waals surface area contributed by atoms with Crippen molar-refractivity contribution >= 4 is 11.9 Å². The van der Waals surface area contributed by atoms with Gasteiger partial charge in [0.15, 0.2) is 0 Å². The van der Waals surface area contributed by atoms with Gasteiger partial charge in [0.05, 0.1) is 49.7 Å². The van der Waals surface area contributed by atoms with Gasteiger partial charge in [0.2, 0.25) is 0 Å². The fourth-order valence-corrected chi connectivity index (χ4v) is 3.15. The average molecular weight is 403 g/mol. The van der Waals surface area contributed by atoms with Crippen molar-refractivity contribution in [3.05, 3.63) is 52.6 Å². The number of hydrogen-bond acceptors (Lipinski definition) is 8. The van der Waals surface area contributed by atoms with Gasteiger partial charge in [0.25, 0.3) is 0 Å². The molecule has 1 unspecified atom stereocenters. The number of carbonyl (C=O) groups is 2. The van der Waals surface area contributed by atoms with Crippen molar-refractivity contribution < 1.29 is 23.8 Å². The van der Waals surface area contributed by atoms with Crippen LogP contribution >= 0.6 is 0 Å². The van der Waals surface area contributed by atoms with Crippen LogP contribution < -0.4 is 5.32 Å². The Morgan fingerprint density at radius 2 is 1.86 bits per heavy atom. The third kappa shape index (κ3) is 5.65. The molecule has 29 heavy (non-hydrogen) atoms. The number of hydrogen-bond donors (Lipinski definition) is 1. The summed E-state index contributed by atoms with van der Waals surface area (Å²) in [5.41, 5.74) is 2.63. The molecule has 0 radical (unpaired) electrons. The van der Waals surface area contributed by atoms with E-state index in [1.54, 1.807) is 38.4 Å². The van der Waals surface area contributed by atoms with Crippen molar-refractivity contribution in [2.45, 2.75) is 19.8 Å². The van der Waals surface area contributed by atoms with Crippen molar-refractivity contribution in [1.82, 2.24) is 15.2 Å². The molecule has 8 nitrogen and oxygen atoms in total. The summed E-state index contributed by atoms with van der Waals surface area (Å²) in [7, 11) is 5.24. The molecular weight excluding hydrogens is 374 g/mol. The maximum absolute atomic E-state index is 12.9. The first-order chi connectivity index (χ1) is 13.9. The molecule has 0 amide bonds. The van der Waals surface area contributed by atoms with Crippen molar-refractivity contribution in [1.29, 1.82) is 0 Å². The quantitative estimate of drug-likeness (QED) is 0.491. The van der Waals surface area contributed by atoms with Crippen LogP contribution in [0.2, 0.25) is 0 Å². The largest absolute Gasteiger partial charge is 0.466 e. The number of dihydropyridines is 1. The van der Waals surface area contributed by atoms with Crippen molar-refractivity contribution in [3.8, 4) is 0 Å². The highest BCUT2D eigenvalue weighted by Gasteiger charge is 2.38. The van der Waals surface area contributed by atoms with Crippen molar-refractivity contribution in [3.63, 3.8) is 0 Å². The van der Waals surface area contributed by atoms with Crippen LogP contribution in [-0.2, 0) is 23.8 Å². The molecule has 0 saturated carbocycles. The van der Waals surface area contributed by atoms with Crippen LogP contribution in [-0.4, -0.2) is 69.4 Å². The van der Waals surface area contributed by atoms with Gasteiger partial charge in [-0.15, -0.1) is 0 Å². The second-order valence-electron chi connectivity index (χ2n) is 6.84. The fourth-order valence-electron chi connectivity index (χ4n) is 3.15. The minimum atomic E-state index is -0.641. The highest BCUT2D eigenvalue weighted by atomic mass is 16.5. The molecular formula is C21H29N3O5. The van der Waals surface area contributed by atoms with E-state index < -0.39 is 17.9 Å². The standard InChI is InChI=1S/C21H29N3O5/c1-6-29-21(26)19-16(13-28-12-11-24(3)4)23-14(2)17(20(25)27-5)18(19)15-7-9-22-10-8-15/h7-10,18,23H,6,11-13H2,1-5H3. The summed E-state index contributed by atoms with van der Waals surface area (Å²) in [6, 6.07) is 3.55. The Labute approximate surface area is 171 Å². The molecule has 0 saturated heterocycles. The predicted molar refractivity (Wildman–Crippen MR) is 108 cm³/mol. The molecule has 8 heteroatoms. The summed E-state index contributed by atoms with van der Waals surface area (Å²) in [6.07, 6.45) is 3.25. The summed E-state index contributed by atoms with van der Waals surface area (Å²) in [4.78, 5) is 31.6. The van der Waals surface area contributed by atoms with Gasteiger partial charge in [0.1, 0.15) is 0 Å². The number of allylic oxidation sites excluding steroid dienone is 1. The SMILES string of the molecule is CCOC(=O)C1=C(COCCN(C)C)NC(C)=C(C(=O)OC)C1c1ccncc1. The number of nitrogens with one attached hydrogen (secondary N) is 1. The lowest BCUT2D eigenvalue weighted by molar-refractivity contribution is -0.139. The van der Waals surface area contributed by atoms with Crippen LogP contribution in [0.1, 0.15) is 25.3 Å². The van der Waals surface area contributed by atoms with Crippen molar-refractivity contribution in [2.75, 3.05) is 47.6 Å². The number of nitrogens with zero attached hydrogens (tertiary/aromatic N) is 2. The van der Waals surface area contributed by atoms with Crippen LogP contribution in [0, 0.1) is 0 Å². The number of ether oxygens (including phenoxy) is 3. The molecule has 0 spiro atoms. The third-order valence-electron chi connectivity index (χ3n) is 4.51. The number of methoxy groups -OCH3 is 1. The van der Waals surface area contributed by atoms with E-state index in [-0.39, 0.29) is 13.2 Å². The van der Waals surface area contributed by atoms with E-state index >= 15 is 0 Å². The Kier molecular flexibility index (Phi) is 8.35. The second kappa shape index (κ2) is 10.7. The first kappa shape index (κ1) is 22.6. The number of esters is 2. The number of carbonyl (C=O) groups excluding carboxylic acids is 2. The van der Waals surface area contributed by atoms with Gasteiger partial charge in [-0.2, -0.15) is 0 Å². The first-order valence-electron chi connectivity index (χ1n) is 9.49. The summed E-state index contributed by atoms with van der Waals surface area (Å²) in [6.45, 7) is 5.18. The van der Waals surface area contributed by atoms with Gasteiger partial charge < -0.3 is 24.4 Å². The number of rotatable bonds is 9. The van der Waals surface area contributed by atoms with Gasteiger partial charge in [-0.25, -0.2) is 9.59 Å². The Morgan fingerprint density at radius 1 is 1.17 bits per heavy atom. The summed E-state index contributed by atoms with van der Waals surface area (Å²) >= 11 is 0. The molecule has 1 aromatic heterocycles. The molecule has 1 N–H and O–H groups in total. The van der Waals surface area contributed by atoms with Gasteiger partial charge in [-0.3, -0.25) is 4.98 Å². The van der Waals surface area contributed by atoms with E-state index in [0.29, 0.717) is 29.1 Å². The zero-order valence-corrected chi connectivity index (χ0v) is 17.7. The lowest BCUT2D eigenvalue weighted by atomic mass is 9.80. The highest BCUT2D eigenvalue weighted by molar-refractivity contribution is 5.99. The summed E-state index contributed by atoms with van der Waals surface area (Å²) < 4.78 is 16.1. The van der Waals surface area contributed by atoms with E-state index in [4.69, 9.17) is 14.2 Å². The normalized spacial score (nSPS) is 16.7. The lowest BCUT2D eigenvalue weighted by Gasteiger charge is -2.31. The first-order valence-corrected chi connectivity index (χ1v) is 9.49. The van der Waals surface area contributed by atoms with E-state index in [1.807, 2.05) is 19.0 Å². The number of pyridine rings is 1. The van der Waals surface area contributed by atoms with Gasteiger partial charge in [-0.05, 0) is 45.6 Å². The molecule has 0 bridgehead atoms. The van der Waals surface area contributed by atoms with Crippen LogP contribution in [0.15, 0.2) is 47.1 Å². The maximum atomic E-state index is 12.9. The Bertz CT molecular complexity index is 787. The molecule has 1 aliphatic heterocycles. The summed E-state index contributed by atoms with van der Waals surface area (Å²) in [5, 5.41) is 3.16. The third-order valence-corrected chi connectivity index (χ3v) is 4.51. The van der Waals surface area contributed by atoms with Gasteiger partial charge >= 0.3 is 11.9 Å². The Morgan fingerprint density at radius 3 is 2.45 bits per heavy atom. The van der Waals surface area contributed by atoms with Crippen LogP contribution in [0.3, 0.4) is 0 Å². The smallest absolute Gasteiger partial charge is 0.336 e. The van der Waals surface area contributed by atoms with Gasteiger partial charge in [-0.1, -0.05) is 0 Å². The fraction of sp³-hybridized carbons (Fsp3) is 0.476. The van der Waals surface area contributed by atoms with Crippen molar-refractivity contribution in [2.24, 2.45) is 0 Å². The predicted octanol–water partition coefficient (Wildman–Crippen LogP) is 1.61. The molecule has 1 atom stereocenters.